The Labute approximate surface area is 109 Å². The first-order chi connectivity index (χ1) is 7.99. The molecule has 0 fully saturated rings. The van der Waals surface area contributed by atoms with Gasteiger partial charge in [-0.05, 0) is 34.1 Å². The molecule has 0 saturated carbocycles. The average Bonchev–Trinajstić information content (AvgIpc) is 2.60. The standard InChI is InChI=1S/C10H6BrClN2O3/c11-6-3-5(12)1-2-7(6)14-4-8(15)9(13-14)10(16)17/h1-4,15H,(H,16,17). The predicted molar refractivity (Wildman–Crippen MR) is 64.9 cm³/mol. The second-order valence-corrected chi connectivity index (χ2v) is 4.50. The highest BCUT2D eigenvalue weighted by atomic mass is 79.9. The molecule has 0 spiro atoms. The van der Waals surface area contributed by atoms with E-state index >= 15 is 0 Å². The van der Waals surface area contributed by atoms with Crippen LogP contribution in [0, 0.1) is 0 Å². The lowest BCUT2D eigenvalue weighted by molar-refractivity contribution is 0.0687. The summed E-state index contributed by atoms with van der Waals surface area (Å²) in [6, 6.07) is 4.95. The summed E-state index contributed by atoms with van der Waals surface area (Å²) in [6.07, 6.45) is 1.22. The van der Waals surface area contributed by atoms with Crippen LogP contribution >= 0.6 is 27.5 Å². The van der Waals surface area contributed by atoms with E-state index in [2.05, 4.69) is 21.0 Å². The number of benzene rings is 1. The molecular formula is C10H6BrClN2O3. The van der Waals surface area contributed by atoms with E-state index in [0.29, 0.717) is 15.2 Å². The first-order valence-electron chi connectivity index (χ1n) is 4.46. The van der Waals surface area contributed by atoms with E-state index in [-0.39, 0.29) is 5.75 Å². The van der Waals surface area contributed by atoms with Crippen LogP contribution in [0.4, 0.5) is 0 Å². The Morgan fingerprint density at radius 2 is 2.18 bits per heavy atom. The lowest BCUT2D eigenvalue weighted by Gasteiger charge is -2.03. The molecule has 0 radical (unpaired) electrons. The Kier molecular flexibility index (Phi) is 3.08. The average molecular weight is 318 g/mol. The van der Waals surface area contributed by atoms with E-state index in [9.17, 15) is 9.90 Å². The topological polar surface area (TPSA) is 75.3 Å². The number of aromatic carboxylic acids is 1. The molecule has 2 aromatic rings. The van der Waals surface area contributed by atoms with E-state index in [4.69, 9.17) is 16.7 Å². The highest BCUT2D eigenvalue weighted by Crippen LogP contribution is 2.26. The quantitative estimate of drug-likeness (QED) is 0.893. The van der Waals surface area contributed by atoms with Crippen LogP contribution in [0.2, 0.25) is 5.02 Å². The highest BCUT2D eigenvalue weighted by Gasteiger charge is 2.16. The fraction of sp³-hybridized carbons (Fsp3) is 0. The van der Waals surface area contributed by atoms with Crippen LogP contribution < -0.4 is 0 Å². The maximum absolute atomic E-state index is 10.7. The van der Waals surface area contributed by atoms with Crippen LogP contribution in [0.3, 0.4) is 0 Å². The van der Waals surface area contributed by atoms with Crippen LogP contribution in [0.1, 0.15) is 10.5 Å². The molecule has 0 bridgehead atoms. The summed E-state index contributed by atoms with van der Waals surface area (Å²) < 4.78 is 1.91. The maximum Gasteiger partial charge on any atom is 0.360 e. The molecule has 0 saturated heterocycles. The highest BCUT2D eigenvalue weighted by molar-refractivity contribution is 9.10. The molecule has 0 aliphatic carbocycles. The van der Waals surface area contributed by atoms with E-state index in [1.54, 1.807) is 18.2 Å². The molecule has 0 atom stereocenters. The van der Waals surface area contributed by atoms with Crippen LogP contribution in [-0.2, 0) is 0 Å². The van der Waals surface area contributed by atoms with Crippen molar-refractivity contribution in [2.24, 2.45) is 0 Å². The van der Waals surface area contributed by atoms with Gasteiger partial charge in [-0.3, -0.25) is 0 Å². The number of aromatic nitrogens is 2. The van der Waals surface area contributed by atoms with Gasteiger partial charge in [0.05, 0.1) is 11.9 Å². The van der Waals surface area contributed by atoms with Gasteiger partial charge < -0.3 is 10.2 Å². The molecule has 7 heteroatoms. The minimum Gasteiger partial charge on any atom is -0.504 e. The third-order valence-electron chi connectivity index (χ3n) is 2.05. The number of carboxylic acid groups (broad SMARTS) is 1. The molecule has 1 heterocycles. The minimum atomic E-state index is -1.29. The van der Waals surface area contributed by atoms with Crippen molar-refractivity contribution >= 4 is 33.5 Å². The summed E-state index contributed by atoms with van der Waals surface area (Å²) in [6.45, 7) is 0. The molecule has 17 heavy (non-hydrogen) atoms. The molecule has 2 N–H and O–H groups in total. The van der Waals surface area contributed by atoms with Gasteiger partial charge in [0.2, 0.25) is 5.69 Å². The molecule has 1 aromatic carbocycles. The van der Waals surface area contributed by atoms with Crippen LogP contribution in [0.5, 0.6) is 5.75 Å². The van der Waals surface area contributed by atoms with Gasteiger partial charge in [0.15, 0.2) is 5.75 Å². The number of halogens is 2. The van der Waals surface area contributed by atoms with Crippen molar-refractivity contribution in [1.82, 2.24) is 9.78 Å². The van der Waals surface area contributed by atoms with Gasteiger partial charge in [-0.1, -0.05) is 11.6 Å². The van der Waals surface area contributed by atoms with Crippen molar-refractivity contribution in [2.75, 3.05) is 0 Å². The Morgan fingerprint density at radius 3 is 2.71 bits per heavy atom. The fourth-order valence-corrected chi connectivity index (χ4v) is 2.17. The molecule has 0 aliphatic rings. The number of hydrogen-bond acceptors (Lipinski definition) is 3. The van der Waals surface area contributed by atoms with Crippen LogP contribution in [0.25, 0.3) is 5.69 Å². The van der Waals surface area contributed by atoms with Gasteiger partial charge in [0, 0.05) is 9.50 Å². The summed E-state index contributed by atoms with van der Waals surface area (Å²) in [5, 5.41) is 22.5. The van der Waals surface area contributed by atoms with Gasteiger partial charge in [0.1, 0.15) is 0 Å². The van der Waals surface area contributed by atoms with Crippen molar-refractivity contribution in [2.45, 2.75) is 0 Å². The molecule has 5 nitrogen and oxygen atoms in total. The number of carboxylic acids is 1. The predicted octanol–water partition coefficient (Wildman–Crippen LogP) is 2.69. The third-order valence-corrected chi connectivity index (χ3v) is 2.92. The van der Waals surface area contributed by atoms with Gasteiger partial charge in [-0.25, -0.2) is 9.48 Å². The van der Waals surface area contributed by atoms with Crippen molar-refractivity contribution in [1.29, 1.82) is 0 Å². The molecule has 1 aromatic heterocycles. The fourth-order valence-electron chi connectivity index (χ4n) is 1.31. The number of aromatic hydroxyl groups is 1. The lowest BCUT2D eigenvalue weighted by Crippen LogP contribution is -2.01. The molecule has 0 aliphatic heterocycles. The second kappa shape index (κ2) is 4.38. The zero-order valence-electron chi connectivity index (χ0n) is 8.26. The molecule has 2 rings (SSSR count). The molecule has 0 unspecified atom stereocenters. The summed E-state index contributed by atoms with van der Waals surface area (Å²) in [4.78, 5) is 10.7. The number of carbonyl (C=O) groups is 1. The number of hydrogen-bond donors (Lipinski definition) is 2. The first-order valence-corrected chi connectivity index (χ1v) is 5.63. The summed E-state index contributed by atoms with van der Waals surface area (Å²) >= 11 is 9.07. The zero-order chi connectivity index (χ0) is 12.6. The molecule has 88 valence electrons. The van der Waals surface area contributed by atoms with Crippen molar-refractivity contribution < 1.29 is 15.0 Å². The molecule has 0 amide bonds. The normalized spacial score (nSPS) is 10.5. The van der Waals surface area contributed by atoms with Gasteiger partial charge in [0.25, 0.3) is 0 Å². The third kappa shape index (κ3) is 2.27. The number of nitrogens with zero attached hydrogens (tertiary/aromatic N) is 2. The summed E-state index contributed by atoms with van der Waals surface area (Å²) in [7, 11) is 0. The minimum absolute atomic E-state index is 0.389. The Morgan fingerprint density at radius 1 is 1.47 bits per heavy atom. The van der Waals surface area contributed by atoms with E-state index < -0.39 is 11.7 Å². The Bertz CT molecular complexity index is 597. The number of rotatable bonds is 2. The van der Waals surface area contributed by atoms with Crippen molar-refractivity contribution in [3.8, 4) is 11.4 Å². The van der Waals surface area contributed by atoms with Gasteiger partial charge >= 0.3 is 5.97 Å². The smallest absolute Gasteiger partial charge is 0.360 e. The molecular weight excluding hydrogens is 311 g/mol. The summed E-state index contributed by atoms with van der Waals surface area (Å²) in [5.41, 5.74) is 0.184. The zero-order valence-corrected chi connectivity index (χ0v) is 10.6. The largest absolute Gasteiger partial charge is 0.504 e. The SMILES string of the molecule is O=C(O)c1nn(-c2ccc(Cl)cc2Br)cc1O. The van der Waals surface area contributed by atoms with Crippen LogP contribution in [0.15, 0.2) is 28.9 Å². The van der Waals surface area contributed by atoms with E-state index in [0.717, 1.165) is 0 Å². The second-order valence-electron chi connectivity index (χ2n) is 3.21. The van der Waals surface area contributed by atoms with Gasteiger partial charge in [-0.15, -0.1) is 0 Å². The van der Waals surface area contributed by atoms with E-state index in [1.165, 1.54) is 10.9 Å². The monoisotopic (exact) mass is 316 g/mol. The van der Waals surface area contributed by atoms with Crippen molar-refractivity contribution in [3.63, 3.8) is 0 Å². The first kappa shape index (κ1) is 11.9. The van der Waals surface area contributed by atoms with Gasteiger partial charge in [-0.2, -0.15) is 5.10 Å². The Hall–Kier alpha value is -1.53. The Balaban J connectivity index is 2.53. The lowest BCUT2D eigenvalue weighted by atomic mass is 10.3. The van der Waals surface area contributed by atoms with Crippen molar-refractivity contribution in [3.05, 3.63) is 39.6 Å². The maximum atomic E-state index is 10.7. The summed E-state index contributed by atoms with van der Waals surface area (Å²) in [5.74, 6) is -1.68. The van der Waals surface area contributed by atoms with E-state index in [1.807, 2.05) is 0 Å². The van der Waals surface area contributed by atoms with Crippen LogP contribution in [-0.4, -0.2) is 26.0 Å².